The van der Waals surface area contributed by atoms with Gasteiger partial charge in [0.2, 0.25) is 5.76 Å². The summed E-state index contributed by atoms with van der Waals surface area (Å²) in [6.07, 6.45) is 2.20. The van der Waals surface area contributed by atoms with Gasteiger partial charge in [-0.15, -0.1) is 0 Å². The lowest BCUT2D eigenvalue weighted by atomic mass is 10.1. The Kier molecular flexibility index (Phi) is 4.17. The minimum absolute atomic E-state index is 0.240. The van der Waals surface area contributed by atoms with E-state index in [-0.39, 0.29) is 5.76 Å². The van der Waals surface area contributed by atoms with Crippen LogP contribution < -0.4 is 5.32 Å². The normalized spacial score (nSPS) is 20.2. The van der Waals surface area contributed by atoms with Crippen molar-refractivity contribution < 1.29 is 18.7 Å². The number of carbonyl (C=O) groups excluding carboxylic acids is 1. The molecule has 94 valence electrons. The van der Waals surface area contributed by atoms with Crippen molar-refractivity contribution in [3.63, 3.8) is 0 Å². The Morgan fingerprint density at radius 2 is 2.47 bits per heavy atom. The Morgan fingerprint density at radius 3 is 3.18 bits per heavy atom. The molecular formula is C12H17NO4. The third kappa shape index (κ3) is 3.31. The van der Waals surface area contributed by atoms with Gasteiger partial charge < -0.3 is 19.2 Å². The molecule has 1 aromatic heterocycles. The second-order valence-corrected chi connectivity index (χ2v) is 4.05. The van der Waals surface area contributed by atoms with Gasteiger partial charge in [0.05, 0.1) is 20.3 Å². The molecule has 0 saturated carbocycles. The summed E-state index contributed by atoms with van der Waals surface area (Å²) in [5.74, 6) is 0.525. The zero-order valence-corrected chi connectivity index (χ0v) is 9.90. The molecule has 5 nitrogen and oxygen atoms in total. The molecule has 0 aliphatic carbocycles. The van der Waals surface area contributed by atoms with Crippen LogP contribution in [0.2, 0.25) is 0 Å². The number of rotatable bonds is 4. The summed E-state index contributed by atoms with van der Waals surface area (Å²) in [6, 6.07) is 3.78. The standard InChI is InChI=1S/C12H17NO4/c1-15-12(14)11-5-4-10(17-11)7-13-9-3-2-6-16-8-9/h4-5,9,13H,2-3,6-8H2,1H3. The molecule has 1 aliphatic rings. The topological polar surface area (TPSA) is 60.7 Å². The fourth-order valence-electron chi connectivity index (χ4n) is 1.83. The first-order valence-electron chi connectivity index (χ1n) is 5.78. The lowest BCUT2D eigenvalue weighted by Gasteiger charge is -2.22. The third-order valence-electron chi connectivity index (χ3n) is 2.77. The molecule has 1 aromatic rings. The number of methoxy groups -OCH3 is 1. The Balaban J connectivity index is 1.82. The highest BCUT2D eigenvalue weighted by atomic mass is 16.5. The van der Waals surface area contributed by atoms with Gasteiger partial charge in [0.15, 0.2) is 0 Å². The first-order valence-corrected chi connectivity index (χ1v) is 5.78. The van der Waals surface area contributed by atoms with Crippen molar-refractivity contribution in [2.75, 3.05) is 20.3 Å². The van der Waals surface area contributed by atoms with Gasteiger partial charge in [-0.2, -0.15) is 0 Å². The molecule has 5 heteroatoms. The average Bonchev–Trinajstić information content (AvgIpc) is 2.85. The van der Waals surface area contributed by atoms with Crippen molar-refractivity contribution in [1.29, 1.82) is 0 Å². The summed E-state index contributed by atoms with van der Waals surface area (Å²) in [7, 11) is 1.34. The predicted octanol–water partition coefficient (Wildman–Crippen LogP) is 1.33. The highest BCUT2D eigenvalue weighted by Gasteiger charge is 2.15. The highest BCUT2D eigenvalue weighted by Crippen LogP contribution is 2.11. The van der Waals surface area contributed by atoms with Crippen molar-refractivity contribution in [3.8, 4) is 0 Å². The molecule has 2 heterocycles. The lowest BCUT2D eigenvalue weighted by Crippen LogP contribution is -2.36. The van der Waals surface area contributed by atoms with Gasteiger partial charge in [0.1, 0.15) is 5.76 Å². The van der Waals surface area contributed by atoms with E-state index < -0.39 is 5.97 Å². The fraction of sp³-hybridized carbons (Fsp3) is 0.583. The van der Waals surface area contributed by atoms with Gasteiger partial charge in [0.25, 0.3) is 0 Å². The summed E-state index contributed by atoms with van der Waals surface area (Å²) in [5, 5.41) is 3.34. The molecule has 1 saturated heterocycles. The second kappa shape index (κ2) is 5.84. The summed E-state index contributed by atoms with van der Waals surface area (Å²) < 4.78 is 15.3. The number of hydrogen-bond donors (Lipinski definition) is 1. The molecule has 1 fully saturated rings. The Bertz CT molecular complexity index is 368. The van der Waals surface area contributed by atoms with Crippen molar-refractivity contribution in [3.05, 3.63) is 23.7 Å². The number of furan rings is 1. The van der Waals surface area contributed by atoms with Crippen molar-refractivity contribution in [1.82, 2.24) is 5.32 Å². The van der Waals surface area contributed by atoms with E-state index in [1.54, 1.807) is 12.1 Å². The summed E-state index contributed by atoms with van der Waals surface area (Å²) in [5.41, 5.74) is 0. The molecule has 0 amide bonds. The summed E-state index contributed by atoms with van der Waals surface area (Å²) in [4.78, 5) is 11.2. The monoisotopic (exact) mass is 239 g/mol. The second-order valence-electron chi connectivity index (χ2n) is 4.05. The highest BCUT2D eigenvalue weighted by molar-refractivity contribution is 5.86. The van der Waals surface area contributed by atoms with E-state index in [1.165, 1.54) is 7.11 Å². The number of nitrogens with one attached hydrogen (secondary N) is 1. The Labute approximate surface area is 100 Å². The Morgan fingerprint density at radius 1 is 1.59 bits per heavy atom. The SMILES string of the molecule is COC(=O)c1ccc(CNC2CCCOC2)o1. The number of ether oxygens (including phenoxy) is 2. The van der Waals surface area contributed by atoms with Crippen LogP contribution in [-0.2, 0) is 16.0 Å². The summed E-state index contributed by atoms with van der Waals surface area (Å²) >= 11 is 0. The molecular weight excluding hydrogens is 222 g/mol. The van der Waals surface area contributed by atoms with E-state index in [4.69, 9.17) is 9.15 Å². The molecule has 0 bridgehead atoms. The van der Waals surface area contributed by atoms with E-state index in [0.717, 1.165) is 31.8 Å². The van der Waals surface area contributed by atoms with Crippen molar-refractivity contribution >= 4 is 5.97 Å². The predicted molar refractivity (Wildman–Crippen MR) is 60.7 cm³/mol. The maximum atomic E-state index is 11.2. The molecule has 1 atom stereocenters. The molecule has 2 rings (SSSR count). The van der Waals surface area contributed by atoms with Crippen LogP contribution in [0, 0.1) is 0 Å². The maximum absolute atomic E-state index is 11.2. The molecule has 0 radical (unpaired) electrons. The van der Waals surface area contributed by atoms with Crippen LogP contribution in [0.5, 0.6) is 0 Å². The van der Waals surface area contributed by atoms with Crippen molar-refractivity contribution in [2.45, 2.75) is 25.4 Å². The minimum atomic E-state index is -0.447. The van der Waals surface area contributed by atoms with Crippen LogP contribution in [0.4, 0.5) is 0 Å². The molecule has 0 aromatic carbocycles. The molecule has 0 spiro atoms. The van der Waals surface area contributed by atoms with Crippen LogP contribution in [0.25, 0.3) is 0 Å². The van der Waals surface area contributed by atoms with Crippen LogP contribution in [0.3, 0.4) is 0 Å². The first kappa shape index (κ1) is 12.1. The van der Waals surface area contributed by atoms with Crippen LogP contribution >= 0.6 is 0 Å². The zero-order chi connectivity index (χ0) is 12.1. The van der Waals surface area contributed by atoms with Gasteiger partial charge in [-0.25, -0.2) is 4.79 Å². The summed E-state index contributed by atoms with van der Waals surface area (Å²) in [6.45, 7) is 2.20. The third-order valence-corrected chi connectivity index (χ3v) is 2.77. The van der Waals surface area contributed by atoms with Crippen LogP contribution in [0.1, 0.15) is 29.2 Å². The maximum Gasteiger partial charge on any atom is 0.373 e. The lowest BCUT2D eigenvalue weighted by molar-refractivity contribution is 0.0560. The average molecular weight is 239 g/mol. The number of carbonyl (C=O) groups is 1. The largest absolute Gasteiger partial charge is 0.463 e. The first-order chi connectivity index (χ1) is 8.29. The van der Waals surface area contributed by atoms with E-state index in [2.05, 4.69) is 10.1 Å². The van der Waals surface area contributed by atoms with Crippen LogP contribution in [-0.4, -0.2) is 32.3 Å². The smallest absolute Gasteiger partial charge is 0.373 e. The minimum Gasteiger partial charge on any atom is -0.463 e. The Hall–Kier alpha value is -1.33. The van der Waals surface area contributed by atoms with Gasteiger partial charge >= 0.3 is 5.97 Å². The van der Waals surface area contributed by atoms with E-state index in [1.807, 2.05) is 0 Å². The van der Waals surface area contributed by atoms with Crippen molar-refractivity contribution in [2.24, 2.45) is 0 Å². The molecule has 17 heavy (non-hydrogen) atoms. The van der Waals surface area contributed by atoms with Gasteiger partial charge in [-0.05, 0) is 25.0 Å². The van der Waals surface area contributed by atoms with E-state index in [9.17, 15) is 4.79 Å². The number of hydrogen-bond acceptors (Lipinski definition) is 5. The molecule has 1 aliphatic heterocycles. The fourth-order valence-corrected chi connectivity index (χ4v) is 1.83. The zero-order valence-electron chi connectivity index (χ0n) is 9.90. The molecule has 1 N–H and O–H groups in total. The molecule has 1 unspecified atom stereocenters. The van der Waals surface area contributed by atoms with Gasteiger partial charge in [-0.3, -0.25) is 0 Å². The van der Waals surface area contributed by atoms with Crippen LogP contribution in [0.15, 0.2) is 16.5 Å². The van der Waals surface area contributed by atoms with Gasteiger partial charge in [0, 0.05) is 12.6 Å². The van der Waals surface area contributed by atoms with E-state index in [0.29, 0.717) is 12.6 Å². The quantitative estimate of drug-likeness (QED) is 0.803. The van der Waals surface area contributed by atoms with E-state index >= 15 is 0 Å². The van der Waals surface area contributed by atoms with Gasteiger partial charge in [-0.1, -0.05) is 0 Å². The number of esters is 1.